The average molecular weight is 410 g/mol. The van der Waals surface area contributed by atoms with Crippen LogP contribution in [0.3, 0.4) is 0 Å². The zero-order valence-electron chi connectivity index (χ0n) is 17.3. The molecule has 0 aliphatic carbocycles. The third-order valence-electron chi connectivity index (χ3n) is 4.77. The first-order valence-electron chi connectivity index (χ1n) is 9.76. The first kappa shape index (κ1) is 21.2. The van der Waals surface area contributed by atoms with Crippen molar-refractivity contribution in [3.63, 3.8) is 0 Å². The molecular formula is C21H26N6O3. The van der Waals surface area contributed by atoms with E-state index in [2.05, 4.69) is 16.5 Å². The molecule has 9 nitrogen and oxygen atoms in total. The van der Waals surface area contributed by atoms with Crippen LogP contribution in [0.25, 0.3) is 0 Å². The van der Waals surface area contributed by atoms with Crippen molar-refractivity contribution in [1.82, 2.24) is 14.7 Å². The molecule has 1 aromatic carbocycles. The van der Waals surface area contributed by atoms with Crippen molar-refractivity contribution in [2.45, 2.75) is 38.8 Å². The molecule has 2 heterocycles. The minimum absolute atomic E-state index is 0.225. The molecule has 0 radical (unpaired) electrons. The normalized spacial score (nSPS) is 19.1. The summed E-state index contributed by atoms with van der Waals surface area (Å²) in [5.74, 6) is -0.782. The maximum absolute atomic E-state index is 12.4. The van der Waals surface area contributed by atoms with Crippen LogP contribution >= 0.6 is 0 Å². The summed E-state index contributed by atoms with van der Waals surface area (Å²) in [6.45, 7) is 6.05. The Kier molecular flexibility index (Phi) is 5.96. The fourth-order valence-corrected chi connectivity index (χ4v) is 3.37. The lowest BCUT2D eigenvalue weighted by atomic mass is 9.94. The summed E-state index contributed by atoms with van der Waals surface area (Å²) < 4.78 is 7.02. The predicted octanol–water partition coefficient (Wildman–Crippen LogP) is 3.05. The van der Waals surface area contributed by atoms with Gasteiger partial charge in [-0.2, -0.15) is 10.4 Å². The lowest BCUT2D eigenvalue weighted by Gasteiger charge is -2.36. The molecule has 1 aliphatic heterocycles. The van der Waals surface area contributed by atoms with Crippen molar-refractivity contribution in [3.05, 3.63) is 42.1 Å². The number of carbonyl (C=O) groups is 2. The smallest absolute Gasteiger partial charge is 0.410 e. The van der Waals surface area contributed by atoms with Crippen LogP contribution in [0.2, 0.25) is 0 Å². The Bertz CT molecular complexity index is 957. The number of primary amides is 1. The number of aromatic nitrogens is 2. The van der Waals surface area contributed by atoms with Crippen LogP contribution in [0.5, 0.6) is 0 Å². The highest BCUT2D eigenvalue weighted by Crippen LogP contribution is 2.31. The van der Waals surface area contributed by atoms with E-state index in [1.165, 1.54) is 4.90 Å². The van der Waals surface area contributed by atoms with E-state index in [-0.39, 0.29) is 18.2 Å². The Labute approximate surface area is 175 Å². The van der Waals surface area contributed by atoms with Gasteiger partial charge in [0.15, 0.2) is 5.82 Å². The molecule has 1 aliphatic rings. The molecule has 1 saturated heterocycles. The molecule has 2 aromatic rings. The molecule has 0 saturated carbocycles. The average Bonchev–Trinajstić information content (AvgIpc) is 3.10. The first-order chi connectivity index (χ1) is 14.2. The molecule has 1 fully saturated rings. The SMILES string of the molecule is CC(C)(C)OC(=O)N1CC[C@H](n2cc(C(N)=O)c(Nc3ccccc3)n2)[C@@H](C#N)C1. The fraction of sp³-hybridized carbons (Fsp3) is 0.429. The summed E-state index contributed by atoms with van der Waals surface area (Å²) in [4.78, 5) is 25.8. The predicted molar refractivity (Wildman–Crippen MR) is 111 cm³/mol. The van der Waals surface area contributed by atoms with E-state index >= 15 is 0 Å². The molecule has 158 valence electrons. The van der Waals surface area contributed by atoms with Crippen molar-refractivity contribution in [1.29, 1.82) is 5.26 Å². The monoisotopic (exact) mass is 410 g/mol. The van der Waals surface area contributed by atoms with Gasteiger partial charge >= 0.3 is 6.09 Å². The Morgan fingerprint density at radius 2 is 2.00 bits per heavy atom. The highest BCUT2D eigenvalue weighted by Gasteiger charge is 2.35. The number of amides is 2. The number of hydrogen-bond donors (Lipinski definition) is 2. The Balaban J connectivity index is 1.80. The lowest BCUT2D eigenvalue weighted by molar-refractivity contribution is 0.0143. The third kappa shape index (κ3) is 4.89. The molecule has 30 heavy (non-hydrogen) atoms. The van der Waals surface area contributed by atoms with Crippen LogP contribution in [0.1, 0.15) is 43.6 Å². The van der Waals surface area contributed by atoms with Crippen LogP contribution in [-0.4, -0.2) is 45.4 Å². The molecule has 2 amide bonds. The number of nitriles is 1. The van der Waals surface area contributed by atoms with Crippen LogP contribution in [0.15, 0.2) is 36.5 Å². The van der Waals surface area contributed by atoms with Gasteiger partial charge in [-0.3, -0.25) is 9.48 Å². The Morgan fingerprint density at radius 1 is 1.30 bits per heavy atom. The largest absolute Gasteiger partial charge is 0.444 e. The summed E-state index contributed by atoms with van der Waals surface area (Å²) in [6, 6.07) is 11.3. The molecule has 0 spiro atoms. The minimum atomic E-state index is -0.612. The molecule has 0 unspecified atom stereocenters. The number of rotatable bonds is 4. The van der Waals surface area contributed by atoms with Gasteiger partial charge < -0.3 is 20.7 Å². The van der Waals surface area contributed by atoms with Crippen molar-refractivity contribution in [2.24, 2.45) is 11.7 Å². The second-order valence-corrected chi connectivity index (χ2v) is 8.24. The van der Waals surface area contributed by atoms with Crippen molar-refractivity contribution in [2.75, 3.05) is 18.4 Å². The van der Waals surface area contributed by atoms with E-state index in [4.69, 9.17) is 10.5 Å². The number of benzene rings is 1. The van der Waals surface area contributed by atoms with E-state index in [9.17, 15) is 14.9 Å². The summed E-state index contributed by atoms with van der Waals surface area (Å²) in [6.07, 6.45) is 1.62. The third-order valence-corrected chi connectivity index (χ3v) is 4.77. The van der Waals surface area contributed by atoms with Gasteiger partial charge in [-0.05, 0) is 39.3 Å². The highest BCUT2D eigenvalue weighted by atomic mass is 16.6. The van der Waals surface area contributed by atoms with Gasteiger partial charge in [-0.25, -0.2) is 4.79 Å². The quantitative estimate of drug-likeness (QED) is 0.798. The standard InChI is InChI=1S/C21H26N6O3/c1-21(2,3)30-20(29)26-10-9-17(14(11-22)12-26)27-13-16(18(23)28)19(25-27)24-15-7-5-4-6-8-15/h4-8,13-14,17H,9-10,12H2,1-3H3,(H2,23,28)(H,24,25)/t14-,17-/m0/s1. The number of carbonyl (C=O) groups excluding carboxylic acids is 2. The van der Waals surface area contributed by atoms with E-state index in [1.807, 2.05) is 30.3 Å². The zero-order chi connectivity index (χ0) is 21.9. The summed E-state index contributed by atoms with van der Waals surface area (Å²) >= 11 is 0. The molecule has 2 atom stereocenters. The molecule has 0 bridgehead atoms. The number of nitrogens with zero attached hydrogens (tertiary/aromatic N) is 4. The van der Waals surface area contributed by atoms with E-state index in [0.717, 1.165) is 5.69 Å². The highest BCUT2D eigenvalue weighted by molar-refractivity contribution is 5.98. The summed E-state index contributed by atoms with van der Waals surface area (Å²) in [5.41, 5.74) is 5.93. The van der Waals surface area contributed by atoms with Gasteiger partial charge in [0.25, 0.3) is 5.91 Å². The summed E-state index contributed by atoms with van der Waals surface area (Å²) in [5, 5.41) is 17.3. The van der Waals surface area contributed by atoms with E-state index < -0.39 is 23.5 Å². The number of likely N-dealkylation sites (tertiary alicyclic amines) is 1. The van der Waals surface area contributed by atoms with Gasteiger partial charge in [0, 0.05) is 25.0 Å². The van der Waals surface area contributed by atoms with Gasteiger partial charge in [-0.15, -0.1) is 0 Å². The van der Waals surface area contributed by atoms with Crippen LogP contribution in [0, 0.1) is 17.2 Å². The molecule has 9 heteroatoms. The lowest BCUT2D eigenvalue weighted by Crippen LogP contribution is -2.46. The van der Waals surface area contributed by atoms with Gasteiger partial charge in [0.05, 0.1) is 18.0 Å². The number of para-hydroxylation sites is 1. The van der Waals surface area contributed by atoms with Crippen LogP contribution < -0.4 is 11.1 Å². The summed E-state index contributed by atoms with van der Waals surface area (Å²) in [7, 11) is 0. The first-order valence-corrected chi connectivity index (χ1v) is 9.76. The second-order valence-electron chi connectivity index (χ2n) is 8.24. The van der Waals surface area contributed by atoms with Crippen molar-refractivity contribution >= 4 is 23.5 Å². The Morgan fingerprint density at radius 3 is 2.60 bits per heavy atom. The van der Waals surface area contributed by atoms with Crippen molar-refractivity contribution < 1.29 is 14.3 Å². The van der Waals surface area contributed by atoms with Crippen LogP contribution in [0.4, 0.5) is 16.3 Å². The number of piperidine rings is 1. The maximum atomic E-state index is 12.4. The molecular weight excluding hydrogens is 384 g/mol. The van der Waals surface area contributed by atoms with Crippen LogP contribution in [-0.2, 0) is 4.74 Å². The second kappa shape index (κ2) is 8.45. The maximum Gasteiger partial charge on any atom is 0.410 e. The number of ether oxygens (including phenoxy) is 1. The number of hydrogen-bond acceptors (Lipinski definition) is 6. The van der Waals surface area contributed by atoms with Gasteiger partial charge in [0.2, 0.25) is 0 Å². The number of nitrogens with two attached hydrogens (primary N) is 1. The topological polar surface area (TPSA) is 126 Å². The molecule has 3 N–H and O–H groups in total. The van der Waals surface area contributed by atoms with E-state index in [1.54, 1.807) is 31.6 Å². The molecule has 3 rings (SSSR count). The van der Waals surface area contributed by atoms with E-state index in [0.29, 0.717) is 18.8 Å². The molecule has 1 aromatic heterocycles. The van der Waals surface area contributed by atoms with Crippen molar-refractivity contribution in [3.8, 4) is 6.07 Å². The number of anilines is 2. The van der Waals surface area contributed by atoms with Gasteiger partial charge in [0.1, 0.15) is 11.2 Å². The number of nitrogens with one attached hydrogen (secondary N) is 1. The van der Waals surface area contributed by atoms with Gasteiger partial charge in [-0.1, -0.05) is 18.2 Å². The minimum Gasteiger partial charge on any atom is -0.444 e. The zero-order valence-corrected chi connectivity index (χ0v) is 17.3. The fourth-order valence-electron chi connectivity index (χ4n) is 3.37. The Hall–Kier alpha value is -3.54.